The number of thiol groups is 1. The van der Waals surface area contributed by atoms with Gasteiger partial charge in [-0.25, -0.2) is 0 Å². The number of hydrogen-bond donors (Lipinski definition) is 3. The molecule has 1 rings (SSSR count). The number of carboxylic acids is 1. The van der Waals surface area contributed by atoms with E-state index in [4.69, 9.17) is 10.6 Å². The van der Waals surface area contributed by atoms with Gasteiger partial charge in [-0.2, -0.15) is 12.6 Å². The molecule has 0 fully saturated rings. The summed E-state index contributed by atoms with van der Waals surface area (Å²) in [6.07, 6.45) is 0.242. The molecule has 0 heterocycles. The number of unbranched alkanes of at least 4 members (excludes halogenated alkanes) is 1. The number of benzene rings is 1. The van der Waals surface area contributed by atoms with Gasteiger partial charge in [-0.15, -0.1) is 0 Å². The molecular weight excluding hydrogens is 416 g/mol. The fourth-order valence-corrected chi connectivity index (χ4v) is 3.47. The number of carbonyl (C=O) groups excluding carboxylic acids is 3. The maximum atomic E-state index is 12.5. The van der Waals surface area contributed by atoms with Crippen molar-refractivity contribution in [2.45, 2.75) is 48.3 Å². The van der Waals surface area contributed by atoms with Gasteiger partial charge in [0.25, 0.3) is 0 Å². The van der Waals surface area contributed by atoms with Crippen molar-refractivity contribution in [1.29, 1.82) is 0 Å². The molecule has 0 saturated heterocycles. The fourth-order valence-electron chi connectivity index (χ4n) is 2.33. The summed E-state index contributed by atoms with van der Waals surface area (Å²) in [5, 5.41) is 13.3. The lowest BCUT2D eigenvalue weighted by Crippen LogP contribution is -2.45. The van der Waals surface area contributed by atoms with Crippen LogP contribution in [0.4, 0.5) is 0 Å². The highest BCUT2D eigenvalue weighted by Crippen LogP contribution is 2.21. The third kappa shape index (κ3) is 10.6. The SMILES string of the molecule is [N-]=[N+]=NCCCCC(=O)N[C@@H](CC(=O)Sc1ccccc1)C(=O)C(S)CC(=O)O. The number of nitrogens with one attached hydrogen (secondary N) is 1. The van der Waals surface area contributed by atoms with Crippen LogP contribution in [0.5, 0.6) is 0 Å². The van der Waals surface area contributed by atoms with E-state index in [0.717, 1.165) is 11.8 Å². The van der Waals surface area contributed by atoms with Crippen LogP contribution in [0.15, 0.2) is 40.3 Å². The number of azide groups is 1. The van der Waals surface area contributed by atoms with E-state index in [1.54, 1.807) is 30.3 Å². The number of carboxylic acid groups (broad SMARTS) is 1. The first-order chi connectivity index (χ1) is 13.8. The summed E-state index contributed by atoms with van der Waals surface area (Å²) in [4.78, 5) is 51.2. The van der Waals surface area contributed by atoms with Crippen LogP contribution in [0.1, 0.15) is 32.1 Å². The first-order valence-electron chi connectivity index (χ1n) is 8.83. The smallest absolute Gasteiger partial charge is 0.304 e. The van der Waals surface area contributed by atoms with Crippen molar-refractivity contribution in [3.8, 4) is 0 Å². The highest BCUT2D eigenvalue weighted by Gasteiger charge is 2.29. The van der Waals surface area contributed by atoms with Gasteiger partial charge in [0.05, 0.1) is 17.7 Å². The van der Waals surface area contributed by atoms with Crippen molar-refractivity contribution in [2.75, 3.05) is 6.54 Å². The maximum Gasteiger partial charge on any atom is 0.304 e. The zero-order valence-corrected chi connectivity index (χ0v) is 17.3. The molecule has 0 aromatic heterocycles. The molecule has 11 heteroatoms. The van der Waals surface area contributed by atoms with E-state index >= 15 is 0 Å². The van der Waals surface area contributed by atoms with E-state index < -0.39 is 35.4 Å². The van der Waals surface area contributed by atoms with Crippen LogP contribution < -0.4 is 5.32 Å². The molecule has 0 aliphatic heterocycles. The quantitative estimate of drug-likeness (QED) is 0.108. The van der Waals surface area contributed by atoms with Gasteiger partial charge in [0.1, 0.15) is 0 Å². The average molecular weight is 439 g/mol. The summed E-state index contributed by atoms with van der Waals surface area (Å²) in [6, 6.07) is 7.67. The second-order valence-corrected chi connectivity index (χ2v) is 7.79. The van der Waals surface area contributed by atoms with Crippen molar-refractivity contribution in [2.24, 2.45) is 5.11 Å². The average Bonchev–Trinajstić information content (AvgIpc) is 2.67. The second kappa shape index (κ2) is 13.6. The van der Waals surface area contributed by atoms with Gasteiger partial charge in [0.15, 0.2) is 10.9 Å². The Labute approximate surface area is 177 Å². The number of thioether (sulfide) groups is 1. The Kier molecular flexibility index (Phi) is 11.6. The van der Waals surface area contributed by atoms with Crippen LogP contribution >= 0.6 is 24.4 Å². The van der Waals surface area contributed by atoms with Crippen LogP contribution in [-0.4, -0.2) is 45.7 Å². The van der Waals surface area contributed by atoms with Crippen molar-refractivity contribution < 1.29 is 24.3 Å². The van der Waals surface area contributed by atoms with E-state index in [0.29, 0.717) is 17.7 Å². The van der Waals surface area contributed by atoms with E-state index in [-0.39, 0.29) is 24.5 Å². The Bertz CT molecular complexity index is 769. The van der Waals surface area contributed by atoms with Crippen LogP contribution in [0.3, 0.4) is 0 Å². The number of ketones is 1. The molecule has 0 bridgehead atoms. The van der Waals surface area contributed by atoms with Gasteiger partial charge >= 0.3 is 5.97 Å². The zero-order valence-electron chi connectivity index (χ0n) is 15.6. The van der Waals surface area contributed by atoms with Gasteiger partial charge < -0.3 is 10.4 Å². The number of aliphatic carboxylic acids is 1. The zero-order chi connectivity index (χ0) is 21.6. The largest absolute Gasteiger partial charge is 0.481 e. The number of amides is 1. The Balaban J connectivity index is 2.72. The topological polar surface area (TPSA) is 149 Å². The molecule has 29 heavy (non-hydrogen) atoms. The highest BCUT2D eigenvalue weighted by atomic mass is 32.2. The standard InChI is InChI=1S/C18H22N4O5S2/c19-22-20-9-5-4-8-15(23)21-13(18(27)14(28)11-16(24)25)10-17(26)29-12-6-2-1-3-7-12/h1-3,6-7,13-14,28H,4-5,8-11H2,(H,21,23)(H,24,25)/t13-,14?/m0/s1. The molecule has 0 spiro atoms. The Morgan fingerprint density at radius 1 is 1.17 bits per heavy atom. The lowest BCUT2D eigenvalue weighted by atomic mass is 10.0. The first-order valence-corrected chi connectivity index (χ1v) is 10.2. The van der Waals surface area contributed by atoms with E-state index in [9.17, 15) is 19.2 Å². The Hall–Kier alpha value is -2.49. The van der Waals surface area contributed by atoms with Gasteiger partial charge in [-0.05, 0) is 30.5 Å². The number of hydrogen-bond acceptors (Lipinski definition) is 7. The molecular formula is C18H22N4O5S2. The molecule has 0 saturated carbocycles. The summed E-state index contributed by atoms with van der Waals surface area (Å²) in [5.41, 5.74) is 8.22. The normalized spacial score (nSPS) is 12.3. The number of Topliss-reactive ketones (excluding diaryl/α,β-unsaturated/α-hetero) is 1. The third-order valence-corrected chi connectivity index (χ3v) is 5.04. The molecule has 1 aromatic carbocycles. The van der Waals surface area contributed by atoms with E-state index in [2.05, 4.69) is 28.0 Å². The van der Waals surface area contributed by atoms with Crippen molar-refractivity contribution in [1.82, 2.24) is 5.32 Å². The number of rotatable bonds is 13. The molecule has 156 valence electrons. The van der Waals surface area contributed by atoms with Crippen LogP contribution in [0.25, 0.3) is 10.4 Å². The summed E-state index contributed by atoms with van der Waals surface area (Å²) in [6.45, 7) is 0.260. The van der Waals surface area contributed by atoms with E-state index in [1.807, 2.05) is 0 Å². The lowest BCUT2D eigenvalue weighted by Gasteiger charge is -2.19. The summed E-state index contributed by atoms with van der Waals surface area (Å²) in [7, 11) is 0. The van der Waals surface area contributed by atoms with Crippen molar-refractivity contribution in [3.63, 3.8) is 0 Å². The minimum atomic E-state index is -1.20. The molecule has 2 N–H and O–H groups in total. The number of nitrogens with zero attached hydrogens (tertiary/aromatic N) is 3. The predicted octanol–water partition coefficient (Wildman–Crippen LogP) is 3.00. The second-order valence-electron chi connectivity index (χ2n) is 6.04. The molecule has 1 aromatic rings. The van der Waals surface area contributed by atoms with Gasteiger partial charge in [-0.3, -0.25) is 19.2 Å². The van der Waals surface area contributed by atoms with Crippen LogP contribution in [0, 0.1) is 0 Å². The number of carbonyl (C=O) groups is 4. The summed E-state index contributed by atoms with van der Waals surface area (Å²) >= 11 is 4.95. The molecule has 0 aliphatic carbocycles. The molecule has 1 unspecified atom stereocenters. The van der Waals surface area contributed by atoms with Crippen molar-refractivity contribution in [3.05, 3.63) is 40.8 Å². The fraction of sp³-hybridized carbons (Fsp3) is 0.444. The van der Waals surface area contributed by atoms with Crippen molar-refractivity contribution >= 4 is 47.2 Å². The molecule has 9 nitrogen and oxygen atoms in total. The van der Waals surface area contributed by atoms with Gasteiger partial charge in [-0.1, -0.05) is 35.1 Å². The van der Waals surface area contributed by atoms with Crippen LogP contribution in [0.2, 0.25) is 0 Å². The molecule has 2 atom stereocenters. The molecule has 0 aliphatic rings. The summed E-state index contributed by atoms with van der Waals surface area (Å²) in [5.74, 6) is -2.27. The first kappa shape index (κ1) is 24.5. The van der Waals surface area contributed by atoms with Crippen LogP contribution in [-0.2, 0) is 19.2 Å². The predicted molar refractivity (Wildman–Crippen MR) is 112 cm³/mol. The third-order valence-electron chi connectivity index (χ3n) is 3.70. The maximum absolute atomic E-state index is 12.5. The Morgan fingerprint density at radius 3 is 2.48 bits per heavy atom. The molecule has 1 amide bonds. The van der Waals surface area contributed by atoms with Gasteiger partial charge in [0.2, 0.25) is 5.91 Å². The molecule has 0 radical (unpaired) electrons. The highest BCUT2D eigenvalue weighted by molar-refractivity contribution is 8.13. The minimum Gasteiger partial charge on any atom is -0.481 e. The Morgan fingerprint density at radius 2 is 1.86 bits per heavy atom. The minimum absolute atomic E-state index is 0.0842. The summed E-state index contributed by atoms with van der Waals surface area (Å²) < 4.78 is 0. The van der Waals surface area contributed by atoms with E-state index in [1.165, 1.54) is 0 Å². The monoisotopic (exact) mass is 438 g/mol. The lowest BCUT2D eigenvalue weighted by molar-refractivity contribution is -0.138. The van der Waals surface area contributed by atoms with Gasteiger partial charge in [0, 0.05) is 29.2 Å².